The van der Waals surface area contributed by atoms with Gasteiger partial charge in [-0.2, -0.15) is 0 Å². The van der Waals surface area contributed by atoms with Crippen molar-refractivity contribution in [2.45, 2.75) is 38.2 Å². The van der Waals surface area contributed by atoms with Crippen LogP contribution >= 0.6 is 11.3 Å². The molecule has 122 valence electrons. The van der Waals surface area contributed by atoms with Crippen molar-refractivity contribution in [1.29, 1.82) is 0 Å². The molecule has 1 aromatic heterocycles. The molecule has 0 spiro atoms. The van der Waals surface area contributed by atoms with Gasteiger partial charge in [0.05, 0.1) is 4.88 Å². The SMILES string of the molecule is CC1(C)Oc2ccsc2[C@H](NC(=O)OCc2ccccc2)[C@H]1O. The normalized spacial score (nSPS) is 21.9. The Hall–Kier alpha value is -2.05. The molecule has 5 nitrogen and oxygen atoms in total. The van der Waals surface area contributed by atoms with Gasteiger partial charge in [-0.3, -0.25) is 0 Å². The molecule has 0 radical (unpaired) electrons. The lowest BCUT2D eigenvalue weighted by Crippen LogP contribution is -2.53. The molecular weight excluding hydrogens is 314 g/mol. The first-order valence-electron chi connectivity index (χ1n) is 7.39. The predicted molar refractivity (Wildman–Crippen MR) is 87.5 cm³/mol. The highest BCUT2D eigenvalue weighted by Crippen LogP contribution is 2.42. The van der Waals surface area contributed by atoms with Crippen LogP contribution < -0.4 is 10.1 Å². The number of ether oxygens (including phenoxy) is 2. The van der Waals surface area contributed by atoms with Gasteiger partial charge >= 0.3 is 6.09 Å². The molecule has 1 aliphatic heterocycles. The summed E-state index contributed by atoms with van der Waals surface area (Å²) in [5.41, 5.74) is 0.123. The summed E-state index contributed by atoms with van der Waals surface area (Å²) in [7, 11) is 0. The zero-order valence-corrected chi connectivity index (χ0v) is 13.8. The van der Waals surface area contributed by atoms with E-state index in [0.29, 0.717) is 5.75 Å². The van der Waals surface area contributed by atoms with E-state index in [9.17, 15) is 9.90 Å². The summed E-state index contributed by atoms with van der Waals surface area (Å²) in [6.07, 6.45) is -1.42. The van der Waals surface area contributed by atoms with Crippen LogP contribution in [0.1, 0.15) is 30.3 Å². The molecule has 1 aromatic carbocycles. The molecule has 23 heavy (non-hydrogen) atoms. The number of hydrogen-bond acceptors (Lipinski definition) is 5. The number of nitrogens with one attached hydrogen (secondary N) is 1. The number of aliphatic hydroxyl groups excluding tert-OH is 1. The van der Waals surface area contributed by atoms with Crippen molar-refractivity contribution in [2.24, 2.45) is 0 Å². The van der Waals surface area contributed by atoms with Crippen molar-refractivity contribution >= 4 is 17.4 Å². The summed E-state index contributed by atoms with van der Waals surface area (Å²) in [6.45, 7) is 3.77. The Morgan fingerprint density at radius 2 is 2.09 bits per heavy atom. The van der Waals surface area contributed by atoms with Crippen LogP contribution in [0.15, 0.2) is 41.8 Å². The number of fused-ring (bicyclic) bond motifs is 1. The summed E-state index contributed by atoms with van der Waals surface area (Å²) in [6, 6.07) is 10.8. The number of benzene rings is 1. The van der Waals surface area contributed by atoms with Gasteiger partial charge in [-0.05, 0) is 30.9 Å². The van der Waals surface area contributed by atoms with Crippen LogP contribution in [0.5, 0.6) is 5.75 Å². The Morgan fingerprint density at radius 3 is 2.83 bits per heavy atom. The van der Waals surface area contributed by atoms with Crippen LogP contribution in [0.3, 0.4) is 0 Å². The Bertz CT molecular complexity index is 683. The first-order valence-corrected chi connectivity index (χ1v) is 8.27. The molecular formula is C17H19NO4S. The summed E-state index contributed by atoms with van der Waals surface area (Å²) < 4.78 is 11.0. The second-order valence-electron chi connectivity index (χ2n) is 5.98. The molecule has 1 aliphatic rings. The first-order chi connectivity index (χ1) is 11.0. The third-order valence-electron chi connectivity index (χ3n) is 3.83. The topological polar surface area (TPSA) is 67.8 Å². The van der Waals surface area contributed by atoms with E-state index in [-0.39, 0.29) is 6.61 Å². The van der Waals surface area contributed by atoms with Crippen molar-refractivity contribution in [3.05, 3.63) is 52.2 Å². The van der Waals surface area contributed by atoms with Gasteiger partial charge in [0.2, 0.25) is 0 Å². The van der Waals surface area contributed by atoms with Gasteiger partial charge in [0.1, 0.15) is 30.1 Å². The van der Waals surface area contributed by atoms with Gasteiger partial charge in [-0.25, -0.2) is 4.79 Å². The van der Waals surface area contributed by atoms with Crippen molar-refractivity contribution in [2.75, 3.05) is 0 Å². The quantitative estimate of drug-likeness (QED) is 0.905. The number of hydrogen-bond donors (Lipinski definition) is 2. The molecule has 2 atom stereocenters. The van der Waals surface area contributed by atoms with E-state index in [1.54, 1.807) is 13.8 Å². The van der Waals surface area contributed by atoms with Crippen molar-refractivity contribution in [1.82, 2.24) is 5.32 Å². The van der Waals surface area contributed by atoms with Crippen molar-refractivity contribution in [3.8, 4) is 5.75 Å². The highest BCUT2D eigenvalue weighted by molar-refractivity contribution is 7.10. The number of amides is 1. The first kappa shape index (κ1) is 15.8. The molecule has 2 heterocycles. The van der Waals surface area contributed by atoms with E-state index in [4.69, 9.17) is 9.47 Å². The fourth-order valence-corrected chi connectivity index (χ4v) is 3.44. The van der Waals surface area contributed by atoms with E-state index in [2.05, 4.69) is 5.32 Å². The predicted octanol–water partition coefficient (Wildman–Crippen LogP) is 3.25. The minimum absolute atomic E-state index is 0.187. The standard InChI is InChI=1S/C17H19NO4S/c1-17(2)15(19)13(14-12(22-17)8-9-23-14)18-16(20)21-10-11-6-4-3-5-7-11/h3-9,13,15,19H,10H2,1-2H3,(H,18,20)/t13-,15+/m0/s1. The zero-order valence-electron chi connectivity index (χ0n) is 13.0. The van der Waals surface area contributed by atoms with Gasteiger partial charge in [-0.1, -0.05) is 30.3 Å². The van der Waals surface area contributed by atoms with E-state index in [0.717, 1.165) is 10.4 Å². The fourth-order valence-electron chi connectivity index (χ4n) is 2.54. The summed E-state index contributed by atoms with van der Waals surface area (Å²) in [5, 5.41) is 15.1. The average Bonchev–Trinajstić information content (AvgIpc) is 2.98. The lowest BCUT2D eigenvalue weighted by atomic mass is 9.91. The van der Waals surface area contributed by atoms with Crippen molar-refractivity contribution < 1.29 is 19.4 Å². The average molecular weight is 333 g/mol. The van der Waals surface area contributed by atoms with Crippen LogP contribution in [0, 0.1) is 0 Å². The Balaban J connectivity index is 1.68. The molecule has 3 rings (SSSR count). The molecule has 0 saturated carbocycles. The highest BCUT2D eigenvalue weighted by Gasteiger charge is 2.44. The third kappa shape index (κ3) is 3.33. The van der Waals surface area contributed by atoms with Gasteiger partial charge in [-0.15, -0.1) is 11.3 Å². The zero-order chi connectivity index (χ0) is 16.4. The molecule has 0 saturated heterocycles. The van der Waals surface area contributed by atoms with Crippen LogP contribution in [0.25, 0.3) is 0 Å². The highest BCUT2D eigenvalue weighted by atomic mass is 32.1. The molecule has 0 fully saturated rings. The lowest BCUT2D eigenvalue weighted by Gasteiger charge is -2.40. The maximum absolute atomic E-state index is 12.1. The minimum Gasteiger partial charge on any atom is -0.484 e. The summed E-state index contributed by atoms with van der Waals surface area (Å²) in [5.74, 6) is 0.693. The van der Waals surface area contributed by atoms with Crippen LogP contribution in [0.2, 0.25) is 0 Å². The maximum Gasteiger partial charge on any atom is 0.408 e. The lowest BCUT2D eigenvalue weighted by molar-refractivity contribution is -0.0622. The van der Waals surface area contributed by atoms with Crippen LogP contribution in [-0.2, 0) is 11.3 Å². The van der Waals surface area contributed by atoms with E-state index in [1.807, 2.05) is 41.8 Å². The van der Waals surface area contributed by atoms with Crippen molar-refractivity contribution in [3.63, 3.8) is 0 Å². The van der Waals surface area contributed by atoms with Gasteiger partial charge < -0.3 is 19.9 Å². The number of rotatable bonds is 3. The second kappa shape index (κ2) is 6.22. The number of carbonyl (C=O) groups is 1. The van der Waals surface area contributed by atoms with Gasteiger partial charge in [0.25, 0.3) is 0 Å². The number of thiophene rings is 1. The van der Waals surface area contributed by atoms with E-state index < -0.39 is 23.8 Å². The molecule has 2 N–H and O–H groups in total. The molecule has 1 amide bonds. The summed E-state index contributed by atoms with van der Waals surface area (Å²) in [4.78, 5) is 12.9. The van der Waals surface area contributed by atoms with Crippen LogP contribution in [0.4, 0.5) is 4.79 Å². The fraction of sp³-hybridized carbons (Fsp3) is 0.353. The molecule has 2 aromatic rings. The van der Waals surface area contributed by atoms with Gasteiger partial charge in [0.15, 0.2) is 0 Å². The smallest absolute Gasteiger partial charge is 0.408 e. The second-order valence-corrected chi connectivity index (χ2v) is 6.93. The van der Waals surface area contributed by atoms with Gasteiger partial charge in [0, 0.05) is 0 Å². The minimum atomic E-state index is -0.863. The largest absolute Gasteiger partial charge is 0.484 e. The monoisotopic (exact) mass is 333 g/mol. The number of aliphatic hydroxyl groups is 1. The molecule has 0 bridgehead atoms. The molecule has 0 aliphatic carbocycles. The molecule has 0 unspecified atom stereocenters. The number of alkyl carbamates (subject to hydrolysis) is 1. The van der Waals surface area contributed by atoms with Crippen LogP contribution in [-0.4, -0.2) is 22.9 Å². The van der Waals surface area contributed by atoms with E-state index >= 15 is 0 Å². The Kier molecular flexibility index (Phi) is 4.28. The Morgan fingerprint density at radius 1 is 1.35 bits per heavy atom. The third-order valence-corrected chi connectivity index (χ3v) is 4.81. The Labute approximate surface area is 138 Å². The van der Waals surface area contributed by atoms with E-state index in [1.165, 1.54) is 11.3 Å². The molecule has 6 heteroatoms. The maximum atomic E-state index is 12.1. The number of carbonyl (C=O) groups excluding carboxylic acids is 1. The summed E-state index contributed by atoms with van der Waals surface area (Å²) >= 11 is 1.44.